The third-order valence-electron chi connectivity index (χ3n) is 3.72. The zero-order valence-corrected chi connectivity index (χ0v) is 13.9. The van der Waals surface area contributed by atoms with Crippen LogP contribution in [0.4, 0.5) is 13.2 Å². The minimum atomic E-state index is -4.76. The molecule has 0 saturated heterocycles. The Bertz CT molecular complexity index is 896. The summed E-state index contributed by atoms with van der Waals surface area (Å²) in [7, 11) is -3.09. The first-order valence-corrected chi connectivity index (χ1v) is 8.65. The largest absolute Gasteiger partial charge is 0.454 e. The molecular weight excluding hydrogens is 359 g/mol. The third-order valence-corrected chi connectivity index (χ3v) is 5.58. The highest BCUT2D eigenvalue weighted by Gasteiger charge is 2.38. The summed E-state index contributed by atoms with van der Waals surface area (Å²) in [6.45, 7) is -0.0307. The summed E-state index contributed by atoms with van der Waals surface area (Å²) in [5.41, 5.74) is -0.618. The van der Waals surface area contributed by atoms with E-state index in [1.807, 2.05) is 0 Å². The van der Waals surface area contributed by atoms with Gasteiger partial charge in [0, 0.05) is 13.6 Å². The number of hydrogen-bond acceptors (Lipinski definition) is 4. The SMILES string of the molecule is CN(Cc1ccc2c(c1)OCO2)S(=O)(=O)c1ccccc1C(F)(F)F. The molecule has 0 saturated carbocycles. The molecular formula is C16H14F3NO4S. The molecule has 1 aliphatic heterocycles. The van der Waals surface area contributed by atoms with Gasteiger partial charge in [-0.15, -0.1) is 0 Å². The topological polar surface area (TPSA) is 55.8 Å². The van der Waals surface area contributed by atoms with Crippen molar-refractivity contribution in [1.29, 1.82) is 0 Å². The van der Waals surface area contributed by atoms with Gasteiger partial charge in [-0.05, 0) is 29.8 Å². The van der Waals surface area contributed by atoms with Crippen LogP contribution < -0.4 is 9.47 Å². The third kappa shape index (κ3) is 3.42. The number of halogens is 3. The lowest BCUT2D eigenvalue weighted by Crippen LogP contribution is -2.28. The van der Waals surface area contributed by atoms with Crippen LogP contribution in [0.2, 0.25) is 0 Å². The summed E-state index contributed by atoms with van der Waals surface area (Å²) in [6.07, 6.45) is -4.76. The second kappa shape index (κ2) is 6.23. The van der Waals surface area contributed by atoms with Gasteiger partial charge in [-0.25, -0.2) is 8.42 Å². The van der Waals surface area contributed by atoms with Crippen LogP contribution in [0.15, 0.2) is 47.4 Å². The van der Waals surface area contributed by atoms with E-state index in [1.165, 1.54) is 13.1 Å². The lowest BCUT2D eigenvalue weighted by Gasteiger charge is -2.20. The van der Waals surface area contributed by atoms with Crippen LogP contribution in [0.25, 0.3) is 0 Å². The summed E-state index contributed by atoms with van der Waals surface area (Å²) in [6, 6.07) is 8.98. The molecule has 25 heavy (non-hydrogen) atoms. The molecule has 9 heteroatoms. The van der Waals surface area contributed by atoms with Gasteiger partial charge in [0.1, 0.15) is 0 Å². The van der Waals surface area contributed by atoms with E-state index in [4.69, 9.17) is 9.47 Å². The minimum absolute atomic E-state index is 0.0753. The van der Waals surface area contributed by atoms with Crippen molar-refractivity contribution in [3.8, 4) is 11.5 Å². The van der Waals surface area contributed by atoms with Crippen LogP contribution in [0.1, 0.15) is 11.1 Å². The van der Waals surface area contributed by atoms with E-state index < -0.39 is 26.7 Å². The Hall–Kier alpha value is -2.26. The zero-order chi connectivity index (χ0) is 18.2. The Morgan fingerprint density at radius 2 is 1.76 bits per heavy atom. The van der Waals surface area contributed by atoms with Crippen molar-refractivity contribution in [2.24, 2.45) is 0 Å². The molecule has 0 fully saturated rings. The lowest BCUT2D eigenvalue weighted by molar-refractivity contribution is -0.139. The number of ether oxygens (including phenoxy) is 2. The first-order valence-electron chi connectivity index (χ1n) is 7.20. The van der Waals surface area contributed by atoms with Crippen molar-refractivity contribution in [2.75, 3.05) is 13.8 Å². The number of fused-ring (bicyclic) bond motifs is 1. The zero-order valence-electron chi connectivity index (χ0n) is 13.1. The first kappa shape index (κ1) is 17.6. The van der Waals surface area contributed by atoms with Gasteiger partial charge in [0.15, 0.2) is 11.5 Å². The van der Waals surface area contributed by atoms with Crippen LogP contribution in [0.3, 0.4) is 0 Å². The highest BCUT2D eigenvalue weighted by atomic mass is 32.2. The smallest absolute Gasteiger partial charge is 0.417 e. The normalized spacial score (nSPS) is 14.1. The van der Waals surface area contributed by atoms with E-state index in [0.717, 1.165) is 22.5 Å². The fourth-order valence-electron chi connectivity index (χ4n) is 2.48. The summed E-state index contributed by atoms with van der Waals surface area (Å²) in [4.78, 5) is -0.772. The number of nitrogens with zero attached hydrogens (tertiary/aromatic N) is 1. The molecule has 5 nitrogen and oxygen atoms in total. The molecule has 0 unspecified atom stereocenters. The van der Waals surface area contributed by atoms with E-state index in [2.05, 4.69) is 0 Å². The van der Waals surface area contributed by atoms with Crippen molar-refractivity contribution in [3.63, 3.8) is 0 Å². The van der Waals surface area contributed by atoms with Gasteiger partial charge in [-0.1, -0.05) is 18.2 Å². The van der Waals surface area contributed by atoms with Gasteiger partial charge in [0.05, 0.1) is 10.5 Å². The number of sulfonamides is 1. The predicted octanol–water partition coefficient (Wildman–Crippen LogP) is 3.25. The summed E-state index contributed by atoms with van der Waals surface area (Å²) >= 11 is 0. The average molecular weight is 373 g/mol. The van der Waals surface area contributed by atoms with Gasteiger partial charge in [-0.2, -0.15) is 17.5 Å². The fraction of sp³-hybridized carbons (Fsp3) is 0.250. The summed E-state index contributed by atoms with van der Waals surface area (Å²) < 4.78 is 75.8. The van der Waals surface area contributed by atoms with Crippen LogP contribution in [0.5, 0.6) is 11.5 Å². The Labute approximate surface area is 142 Å². The number of benzene rings is 2. The van der Waals surface area contributed by atoms with Crippen LogP contribution >= 0.6 is 0 Å². The van der Waals surface area contributed by atoms with E-state index in [0.29, 0.717) is 17.1 Å². The highest BCUT2D eigenvalue weighted by molar-refractivity contribution is 7.89. The van der Waals surface area contributed by atoms with Crippen molar-refractivity contribution in [2.45, 2.75) is 17.6 Å². The average Bonchev–Trinajstić information content (AvgIpc) is 3.01. The Morgan fingerprint density at radius 3 is 2.48 bits per heavy atom. The number of alkyl halides is 3. The Balaban J connectivity index is 1.90. The molecule has 2 aromatic rings. The first-order chi connectivity index (χ1) is 11.7. The van der Waals surface area contributed by atoms with E-state index in [1.54, 1.807) is 18.2 Å². The van der Waals surface area contributed by atoms with Crippen molar-refractivity contribution in [1.82, 2.24) is 4.31 Å². The molecule has 0 bridgehead atoms. The molecule has 1 aliphatic rings. The van der Waals surface area contributed by atoms with Crippen LogP contribution in [-0.2, 0) is 22.7 Å². The van der Waals surface area contributed by atoms with E-state index in [9.17, 15) is 21.6 Å². The van der Waals surface area contributed by atoms with E-state index in [-0.39, 0.29) is 13.3 Å². The maximum absolute atomic E-state index is 13.1. The maximum Gasteiger partial charge on any atom is 0.417 e. The monoisotopic (exact) mass is 373 g/mol. The summed E-state index contributed by atoms with van der Waals surface area (Å²) in [5, 5.41) is 0. The molecule has 0 spiro atoms. The molecule has 0 radical (unpaired) electrons. The van der Waals surface area contributed by atoms with Crippen molar-refractivity contribution < 1.29 is 31.1 Å². The maximum atomic E-state index is 13.1. The molecule has 1 heterocycles. The number of hydrogen-bond donors (Lipinski definition) is 0. The van der Waals surface area contributed by atoms with E-state index >= 15 is 0 Å². The van der Waals surface area contributed by atoms with Crippen molar-refractivity contribution >= 4 is 10.0 Å². The van der Waals surface area contributed by atoms with Crippen molar-refractivity contribution in [3.05, 3.63) is 53.6 Å². The highest BCUT2D eigenvalue weighted by Crippen LogP contribution is 2.36. The Morgan fingerprint density at radius 1 is 1.08 bits per heavy atom. The van der Waals surface area contributed by atoms with Gasteiger partial charge in [0.25, 0.3) is 0 Å². The minimum Gasteiger partial charge on any atom is -0.454 e. The summed E-state index contributed by atoms with van der Waals surface area (Å²) in [5.74, 6) is 1.01. The van der Waals surface area contributed by atoms with Crippen LogP contribution in [0, 0.1) is 0 Å². The standard InChI is InChI=1S/C16H14F3NO4S/c1-20(9-11-6-7-13-14(8-11)24-10-23-13)25(21,22)15-5-3-2-4-12(15)16(17,18)19/h2-8H,9-10H2,1H3. The predicted molar refractivity (Wildman–Crippen MR) is 82.7 cm³/mol. The second-order valence-electron chi connectivity index (χ2n) is 5.44. The van der Waals surface area contributed by atoms with Gasteiger partial charge >= 0.3 is 6.18 Å². The molecule has 2 aromatic carbocycles. The van der Waals surface area contributed by atoms with Gasteiger partial charge < -0.3 is 9.47 Å². The second-order valence-corrected chi connectivity index (χ2v) is 7.46. The molecule has 134 valence electrons. The molecule has 3 rings (SSSR count). The number of rotatable bonds is 4. The van der Waals surface area contributed by atoms with Gasteiger partial charge in [-0.3, -0.25) is 0 Å². The molecule has 0 aromatic heterocycles. The lowest BCUT2D eigenvalue weighted by atomic mass is 10.2. The molecule has 0 amide bonds. The fourth-order valence-corrected chi connectivity index (χ4v) is 3.84. The molecule has 0 N–H and O–H groups in total. The quantitative estimate of drug-likeness (QED) is 0.826. The van der Waals surface area contributed by atoms with Gasteiger partial charge in [0.2, 0.25) is 16.8 Å². The molecule has 0 aliphatic carbocycles. The molecule has 0 atom stereocenters. The Kier molecular flexibility index (Phi) is 4.38. The van der Waals surface area contributed by atoms with Crippen LogP contribution in [-0.4, -0.2) is 26.6 Å².